The van der Waals surface area contributed by atoms with Crippen LogP contribution in [-0.2, 0) is 20.7 Å². The zero-order valence-electron chi connectivity index (χ0n) is 11.7. The third kappa shape index (κ3) is 3.06. The molecule has 104 valence electrons. The number of carbonyl (C=O) groups is 2. The first-order valence-corrected chi connectivity index (χ1v) is 7.57. The summed E-state index contributed by atoms with van der Waals surface area (Å²) >= 11 is 1.72. The fraction of sp³-hybridized carbons (Fsp3) is 0.600. The maximum absolute atomic E-state index is 11.7. The molecule has 0 radical (unpaired) electrons. The van der Waals surface area contributed by atoms with E-state index >= 15 is 0 Å². The molecule has 19 heavy (non-hydrogen) atoms. The SMILES string of the molecule is Cc1sccc1CCC1(C(C)C)CC(=O)CC(=O)O1. The molecule has 1 aliphatic heterocycles. The molecule has 0 aromatic carbocycles. The van der Waals surface area contributed by atoms with Crippen molar-refractivity contribution in [2.45, 2.75) is 52.1 Å². The van der Waals surface area contributed by atoms with E-state index in [2.05, 4.69) is 18.4 Å². The van der Waals surface area contributed by atoms with Crippen molar-refractivity contribution in [2.75, 3.05) is 0 Å². The maximum Gasteiger partial charge on any atom is 0.313 e. The molecular formula is C15H20O3S. The molecule has 1 fully saturated rings. The van der Waals surface area contributed by atoms with E-state index in [4.69, 9.17) is 4.74 Å². The Labute approximate surface area is 118 Å². The van der Waals surface area contributed by atoms with E-state index in [0.29, 0.717) is 6.42 Å². The van der Waals surface area contributed by atoms with E-state index in [1.54, 1.807) is 11.3 Å². The Morgan fingerprint density at radius 2 is 2.16 bits per heavy atom. The summed E-state index contributed by atoms with van der Waals surface area (Å²) in [6, 6.07) is 2.11. The number of rotatable bonds is 4. The molecule has 1 unspecified atom stereocenters. The summed E-state index contributed by atoms with van der Waals surface area (Å²) in [6.45, 7) is 6.14. The molecule has 0 amide bonds. The van der Waals surface area contributed by atoms with Crippen LogP contribution in [-0.4, -0.2) is 17.4 Å². The molecule has 1 atom stereocenters. The molecular weight excluding hydrogens is 260 g/mol. The number of aryl methyl sites for hydroxylation is 2. The molecule has 1 saturated heterocycles. The van der Waals surface area contributed by atoms with Gasteiger partial charge in [0.1, 0.15) is 17.8 Å². The molecule has 2 rings (SSSR count). The summed E-state index contributed by atoms with van der Waals surface area (Å²) in [4.78, 5) is 24.6. The van der Waals surface area contributed by atoms with E-state index in [9.17, 15) is 9.59 Å². The lowest BCUT2D eigenvalue weighted by Crippen LogP contribution is -2.47. The van der Waals surface area contributed by atoms with Gasteiger partial charge < -0.3 is 4.74 Å². The quantitative estimate of drug-likeness (QED) is 0.628. The van der Waals surface area contributed by atoms with Crippen LogP contribution in [0.15, 0.2) is 11.4 Å². The van der Waals surface area contributed by atoms with Crippen LogP contribution < -0.4 is 0 Å². The molecule has 0 N–H and O–H groups in total. The first-order chi connectivity index (χ1) is 8.93. The topological polar surface area (TPSA) is 43.4 Å². The molecule has 0 spiro atoms. The Kier molecular flexibility index (Phi) is 4.09. The summed E-state index contributed by atoms with van der Waals surface area (Å²) in [5.41, 5.74) is 0.681. The minimum atomic E-state index is -0.610. The highest BCUT2D eigenvalue weighted by Crippen LogP contribution is 2.36. The third-order valence-corrected chi connectivity index (χ3v) is 4.88. The first kappa shape index (κ1) is 14.3. The second-order valence-corrected chi connectivity index (χ2v) is 6.71. The van der Waals surface area contributed by atoms with E-state index < -0.39 is 5.60 Å². The van der Waals surface area contributed by atoms with Crippen LogP contribution in [0.25, 0.3) is 0 Å². The summed E-state index contributed by atoms with van der Waals surface area (Å²) in [7, 11) is 0. The lowest BCUT2D eigenvalue weighted by molar-refractivity contribution is -0.177. The number of Topliss-reactive ketones (excluding diaryl/α,β-unsaturated/α-hetero) is 1. The standard InChI is InChI=1S/C15H20O3S/c1-10(2)15(9-13(16)8-14(17)18-15)6-4-12-5-7-19-11(12)3/h5,7,10H,4,6,8-9H2,1-3H3. The number of carbonyl (C=O) groups excluding carboxylic acids is 2. The smallest absolute Gasteiger partial charge is 0.313 e. The predicted octanol–water partition coefficient (Wildman–Crippen LogP) is 3.29. The van der Waals surface area contributed by atoms with Crippen molar-refractivity contribution in [3.8, 4) is 0 Å². The molecule has 1 aromatic heterocycles. The van der Waals surface area contributed by atoms with Crippen molar-refractivity contribution in [2.24, 2.45) is 5.92 Å². The number of ketones is 1. The van der Waals surface area contributed by atoms with Gasteiger partial charge in [-0.1, -0.05) is 13.8 Å². The average molecular weight is 280 g/mol. The third-order valence-electron chi connectivity index (χ3n) is 3.99. The van der Waals surface area contributed by atoms with E-state index in [-0.39, 0.29) is 24.1 Å². The average Bonchev–Trinajstić information content (AvgIpc) is 2.71. The normalized spacial score (nSPS) is 23.8. The van der Waals surface area contributed by atoms with Crippen molar-refractivity contribution in [3.05, 3.63) is 21.9 Å². The Morgan fingerprint density at radius 1 is 1.42 bits per heavy atom. The minimum absolute atomic E-state index is 0.00647. The number of ether oxygens (including phenoxy) is 1. The van der Waals surface area contributed by atoms with Crippen molar-refractivity contribution >= 4 is 23.1 Å². The summed E-state index contributed by atoms with van der Waals surface area (Å²) in [6.07, 6.45) is 1.87. The zero-order valence-corrected chi connectivity index (χ0v) is 12.5. The van der Waals surface area contributed by atoms with E-state index in [1.165, 1.54) is 10.4 Å². The Bertz CT molecular complexity index is 471. The Morgan fingerprint density at radius 3 is 2.68 bits per heavy atom. The second kappa shape index (κ2) is 5.45. The Balaban J connectivity index is 2.14. The second-order valence-electron chi connectivity index (χ2n) is 5.59. The van der Waals surface area contributed by atoms with Crippen LogP contribution in [0.4, 0.5) is 0 Å². The highest BCUT2D eigenvalue weighted by Gasteiger charge is 2.43. The van der Waals surface area contributed by atoms with Gasteiger partial charge in [-0.05, 0) is 42.7 Å². The van der Waals surface area contributed by atoms with Gasteiger partial charge in [0.25, 0.3) is 0 Å². The van der Waals surface area contributed by atoms with Crippen LogP contribution in [0, 0.1) is 12.8 Å². The van der Waals surface area contributed by atoms with Crippen LogP contribution in [0.2, 0.25) is 0 Å². The molecule has 2 heterocycles. The molecule has 0 aliphatic carbocycles. The van der Waals surface area contributed by atoms with Crippen LogP contribution in [0.1, 0.15) is 43.6 Å². The van der Waals surface area contributed by atoms with Gasteiger partial charge in [-0.15, -0.1) is 11.3 Å². The number of thiophene rings is 1. The van der Waals surface area contributed by atoms with Crippen LogP contribution in [0.3, 0.4) is 0 Å². The molecule has 1 aliphatic rings. The summed E-state index contributed by atoms with van der Waals surface area (Å²) in [5, 5.41) is 2.07. The number of hydrogen-bond donors (Lipinski definition) is 0. The van der Waals surface area contributed by atoms with E-state index in [0.717, 1.165) is 12.8 Å². The van der Waals surface area contributed by atoms with Gasteiger partial charge in [0.05, 0.1) is 0 Å². The fourth-order valence-electron chi connectivity index (χ4n) is 2.62. The molecule has 3 nitrogen and oxygen atoms in total. The van der Waals surface area contributed by atoms with Gasteiger partial charge >= 0.3 is 5.97 Å². The van der Waals surface area contributed by atoms with Gasteiger partial charge in [0.2, 0.25) is 0 Å². The Hall–Kier alpha value is -1.16. The lowest BCUT2D eigenvalue weighted by Gasteiger charge is -2.39. The molecule has 4 heteroatoms. The van der Waals surface area contributed by atoms with Crippen molar-refractivity contribution in [1.82, 2.24) is 0 Å². The molecule has 1 aromatic rings. The van der Waals surface area contributed by atoms with Gasteiger partial charge in [0, 0.05) is 11.3 Å². The number of hydrogen-bond acceptors (Lipinski definition) is 4. The number of esters is 1. The summed E-state index contributed by atoms with van der Waals surface area (Å²) < 4.78 is 5.59. The fourth-order valence-corrected chi connectivity index (χ4v) is 3.38. The largest absolute Gasteiger partial charge is 0.458 e. The first-order valence-electron chi connectivity index (χ1n) is 6.69. The lowest BCUT2D eigenvalue weighted by atomic mass is 9.78. The highest BCUT2D eigenvalue weighted by molar-refractivity contribution is 7.10. The summed E-state index contributed by atoms with van der Waals surface area (Å²) in [5.74, 6) is -0.210. The van der Waals surface area contributed by atoms with Gasteiger partial charge in [-0.2, -0.15) is 0 Å². The molecule has 0 saturated carbocycles. The number of cyclic esters (lactones) is 1. The van der Waals surface area contributed by atoms with Gasteiger partial charge in [0.15, 0.2) is 0 Å². The van der Waals surface area contributed by atoms with Crippen molar-refractivity contribution in [1.29, 1.82) is 0 Å². The van der Waals surface area contributed by atoms with E-state index in [1.807, 2.05) is 13.8 Å². The molecule has 0 bridgehead atoms. The highest BCUT2D eigenvalue weighted by atomic mass is 32.1. The van der Waals surface area contributed by atoms with Gasteiger partial charge in [-0.3, -0.25) is 9.59 Å². The van der Waals surface area contributed by atoms with Crippen molar-refractivity contribution < 1.29 is 14.3 Å². The van der Waals surface area contributed by atoms with Crippen molar-refractivity contribution in [3.63, 3.8) is 0 Å². The zero-order chi connectivity index (χ0) is 14.0. The van der Waals surface area contributed by atoms with Gasteiger partial charge in [-0.25, -0.2) is 0 Å². The minimum Gasteiger partial charge on any atom is -0.458 e. The monoisotopic (exact) mass is 280 g/mol. The van der Waals surface area contributed by atoms with Crippen LogP contribution in [0.5, 0.6) is 0 Å². The predicted molar refractivity (Wildman–Crippen MR) is 75.3 cm³/mol. The maximum atomic E-state index is 11.7. The van der Waals surface area contributed by atoms with Crippen LogP contribution >= 0.6 is 11.3 Å².